The van der Waals surface area contributed by atoms with Crippen LogP contribution in [0.3, 0.4) is 0 Å². The molecule has 0 radical (unpaired) electrons. The summed E-state index contributed by atoms with van der Waals surface area (Å²) < 4.78 is 5.32. The Kier molecular flexibility index (Phi) is 4.29. The van der Waals surface area contributed by atoms with Crippen LogP contribution < -0.4 is 15.8 Å². The molecule has 1 aromatic heterocycles. The number of nitrogens with zero attached hydrogens (tertiary/aromatic N) is 4. The molecule has 1 aromatic carbocycles. The van der Waals surface area contributed by atoms with Gasteiger partial charge in [-0.1, -0.05) is 13.0 Å². The lowest BCUT2D eigenvalue weighted by molar-refractivity contribution is 0.292. The quantitative estimate of drug-likeness (QED) is 0.853. The van der Waals surface area contributed by atoms with Gasteiger partial charge in [0.15, 0.2) is 0 Å². The predicted molar refractivity (Wildman–Crippen MR) is 74.5 cm³/mol. The maximum atomic E-state index is 8.85. The minimum atomic E-state index is 0.0741. The molecule has 0 fully saturated rings. The van der Waals surface area contributed by atoms with Crippen LogP contribution in [-0.2, 0) is 0 Å². The number of benzene rings is 1. The monoisotopic (exact) mass is 270 g/mol. The van der Waals surface area contributed by atoms with Gasteiger partial charge in [0.1, 0.15) is 0 Å². The Morgan fingerprint density at radius 3 is 2.95 bits per heavy atom. The summed E-state index contributed by atoms with van der Waals surface area (Å²) in [5, 5.41) is 11.8. The molecule has 2 rings (SSSR count). The van der Waals surface area contributed by atoms with Crippen molar-refractivity contribution in [3.05, 3.63) is 29.8 Å². The molecule has 0 atom stereocenters. The number of ether oxygens (including phenoxy) is 1. The topological polar surface area (TPSA) is 110 Å². The van der Waals surface area contributed by atoms with Crippen LogP contribution in [0, 0.1) is 11.3 Å². The van der Waals surface area contributed by atoms with Crippen molar-refractivity contribution in [2.24, 2.45) is 0 Å². The number of nitriles is 1. The molecule has 0 spiro atoms. The molecular weight excluding hydrogens is 256 g/mol. The summed E-state index contributed by atoms with van der Waals surface area (Å²) in [6.45, 7) is 2.49. The van der Waals surface area contributed by atoms with E-state index in [1.165, 1.54) is 0 Å². The third-order valence-corrected chi connectivity index (χ3v) is 2.32. The first kappa shape index (κ1) is 13.5. The van der Waals surface area contributed by atoms with Gasteiger partial charge in [-0.25, -0.2) is 0 Å². The highest BCUT2D eigenvalue weighted by molar-refractivity contribution is 5.56. The molecule has 0 aliphatic heterocycles. The Morgan fingerprint density at radius 1 is 1.35 bits per heavy atom. The lowest BCUT2D eigenvalue weighted by Crippen LogP contribution is -2.07. The maximum absolute atomic E-state index is 8.85. The second-order valence-corrected chi connectivity index (χ2v) is 3.97. The van der Waals surface area contributed by atoms with Crippen molar-refractivity contribution >= 4 is 17.6 Å². The molecule has 7 heteroatoms. The van der Waals surface area contributed by atoms with Gasteiger partial charge in [0.2, 0.25) is 11.9 Å². The van der Waals surface area contributed by atoms with Gasteiger partial charge < -0.3 is 15.8 Å². The van der Waals surface area contributed by atoms with Crippen LogP contribution in [0.15, 0.2) is 24.3 Å². The minimum absolute atomic E-state index is 0.0741. The van der Waals surface area contributed by atoms with E-state index in [0.717, 1.165) is 6.42 Å². The molecule has 102 valence electrons. The molecule has 20 heavy (non-hydrogen) atoms. The fourth-order valence-corrected chi connectivity index (χ4v) is 1.48. The van der Waals surface area contributed by atoms with Crippen molar-refractivity contribution in [3.8, 4) is 12.1 Å². The molecule has 0 aliphatic carbocycles. The van der Waals surface area contributed by atoms with E-state index in [-0.39, 0.29) is 17.9 Å². The zero-order chi connectivity index (χ0) is 14.4. The van der Waals surface area contributed by atoms with Crippen LogP contribution in [0.2, 0.25) is 0 Å². The van der Waals surface area contributed by atoms with Crippen molar-refractivity contribution in [2.45, 2.75) is 13.3 Å². The summed E-state index contributed by atoms with van der Waals surface area (Å²) in [6, 6.07) is 9.20. The highest BCUT2D eigenvalue weighted by atomic mass is 16.5. The highest BCUT2D eigenvalue weighted by Crippen LogP contribution is 2.16. The van der Waals surface area contributed by atoms with Crippen molar-refractivity contribution in [1.29, 1.82) is 5.26 Å². The second-order valence-electron chi connectivity index (χ2n) is 3.97. The van der Waals surface area contributed by atoms with Crippen LogP contribution in [0.25, 0.3) is 0 Å². The number of nitrogen functional groups attached to an aromatic ring is 1. The molecule has 0 saturated carbocycles. The standard InChI is InChI=1S/C13H14N6O/c1-2-6-20-13-18-11(15)17-12(19-13)16-10-5-3-4-9(7-10)8-14/h3-5,7H,2,6H2,1H3,(H3,15,16,17,18,19). The first-order valence-corrected chi connectivity index (χ1v) is 6.13. The van der Waals surface area contributed by atoms with Gasteiger partial charge in [0.05, 0.1) is 18.2 Å². The van der Waals surface area contributed by atoms with E-state index in [9.17, 15) is 0 Å². The molecule has 0 unspecified atom stereocenters. The predicted octanol–water partition coefficient (Wildman–Crippen LogP) is 1.86. The summed E-state index contributed by atoms with van der Waals surface area (Å²) in [5.74, 6) is 0.351. The van der Waals surface area contributed by atoms with E-state index in [0.29, 0.717) is 17.9 Å². The minimum Gasteiger partial charge on any atom is -0.463 e. The highest BCUT2D eigenvalue weighted by Gasteiger charge is 2.06. The molecule has 1 heterocycles. The van der Waals surface area contributed by atoms with Gasteiger partial charge in [0.25, 0.3) is 0 Å². The van der Waals surface area contributed by atoms with E-state index in [1.54, 1.807) is 24.3 Å². The lowest BCUT2D eigenvalue weighted by Gasteiger charge is -2.07. The molecule has 0 bridgehead atoms. The van der Waals surface area contributed by atoms with Crippen LogP contribution in [0.1, 0.15) is 18.9 Å². The largest absolute Gasteiger partial charge is 0.463 e. The van der Waals surface area contributed by atoms with Gasteiger partial charge >= 0.3 is 6.01 Å². The Labute approximate surface area is 116 Å². The summed E-state index contributed by atoms with van der Waals surface area (Å²) in [5.41, 5.74) is 6.84. The second kappa shape index (κ2) is 6.33. The average molecular weight is 270 g/mol. The van der Waals surface area contributed by atoms with Crippen molar-refractivity contribution < 1.29 is 4.74 Å². The van der Waals surface area contributed by atoms with E-state index in [4.69, 9.17) is 15.7 Å². The smallest absolute Gasteiger partial charge is 0.323 e. The zero-order valence-electron chi connectivity index (χ0n) is 11.0. The molecule has 0 aliphatic rings. The van der Waals surface area contributed by atoms with E-state index in [2.05, 4.69) is 26.3 Å². The fourth-order valence-electron chi connectivity index (χ4n) is 1.48. The number of anilines is 3. The first-order valence-electron chi connectivity index (χ1n) is 6.13. The Bertz CT molecular complexity index is 637. The Hall–Kier alpha value is -2.88. The number of hydrogen-bond donors (Lipinski definition) is 2. The number of nitrogens with one attached hydrogen (secondary N) is 1. The summed E-state index contributed by atoms with van der Waals surface area (Å²) >= 11 is 0. The van der Waals surface area contributed by atoms with Crippen LogP contribution in [0.4, 0.5) is 17.6 Å². The van der Waals surface area contributed by atoms with Crippen LogP contribution >= 0.6 is 0 Å². The third kappa shape index (κ3) is 3.55. The molecule has 0 saturated heterocycles. The number of hydrogen-bond acceptors (Lipinski definition) is 7. The molecule has 2 aromatic rings. The van der Waals surface area contributed by atoms with Gasteiger partial charge in [-0.05, 0) is 24.6 Å². The van der Waals surface area contributed by atoms with Crippen LogP contribution in [0.5, 0.6) is 6.01 Å². The zero-order valence-corrected chi connectivity index (χ0v) is 11.0. The van der Waals surface area contributed by atoms with Crippen molar-refractivity contribution in [3.63, 3.8) is 0 Å². The van der Waals surface area contributed by atoms with Crippen molar-refractivity contribution in [1.82, 2.24) is 15.0 Å². The van der Waals surface area contributed by atoms with Gasteiger partial charge in [-0.15, -0.1) is 0 Å². The average Bonchev–Trinajstić information content (AvgIpc) is 2.44. The third-order valence-electron chi connectivity index (χ3n) is 2.32. The van der Waals surface area contributed by atoms with Crippen molar-refractivity contribution in [2.75, 3.05) is 17.7 Å². The Morgan fingerprint density at radius 2 is 2.20 bits per heavy atom. The van der Waals surface area contributed by atoms with E-state index < -0.39 is 0 Å². The molecular formula is C13H14N6O. The summed E-state index contributed by atoms with van der Waals surface area (Å²) in [7, 11) is 0. The molecule has 0 amide bonds. The summed E-state index contributed by atoms with van der Waals surface area (Å²) in [4.78, 5) is 12.0. The molecule has 3 N–H and O–H groups in total. The van der Waals surface area contributed by atoms with E-state index in [1.807, 2.05) is 6.92 Å². The number of aromatic nitrogens is 3. The Balaban J connectivity index is 2.20. The first-order chi connectivity index (χ1) is 9.71. The van der Waals surface area contributed by atoms with Crippen LogP contribution in [-0.4, -0.2) is 21.6 Å². The normalized spacial score (nSPS) is 9.80. The lowest BCUT2D eigenvalue weighted by atomic mass is 10.2. The van der Waals surface area contributed by atoms with E-state index >= 15 is 0 Å². The number of rotatable bonds is 5. The summed E-state index contributed by atoms with van der Waals surface area (Å²) in [6.07, 6.45) is 0.846. The maximum Gasteiger partial charge on any atom is 0.323 e. The van der Waals surface area contributed by atoms with Gasteiger partial charge in [-0.3, -0.25) is 0 Å². The number of nitrogens with two attached hydrogens (primary N) is 1. The van der Waals surface area contributed by atoms with Gasteiger partial charge in [0, 0.05) is 5.69 Å². The SMILES string of the molecule is CCCOc1nc(N)nc(Nc2cccc(C#N)c2)n1. The fraction of sp³-hybridized carbons (Fsp3) is 0.231. The molecule has 7 nitrogen and oxygen atoms in total. The van der Waals surface area contributed by atoms with Gasteiger partial charge in [-0.2, -0.15) is 20.2 Å².